The summed E-state index contributed by atoms with van der Waals surface area (Å²) in [7, 11) is 1.63. The summed E-state index contributed by atoms with van der Waals surface area (Å²) < 4.78 is 12.1. The molecule has 2 aliphatic rings. The maximum atomic E-state index is 9.84. The van der Waals surface area contributed by atoms with E-state index >= 15 is 0 Å². The summed E-state index contributed by atoms with van der Waals surface area (Å²) >= 11 is 8.23. The largest absolute Gasteiger partial charge is 0.396 e. The number of benzene rings is 1. The standard InChI is InChI=1S/C16H21ClO4S/c1-15-12(9-19)11(8-18)13(21-15)14(17)16(15,20-2)22-10-6-4-3-5-7-10/h3-7,11-14,18-19H,8-9H2,1-2H3/t11-,12+,13-,14-,15+,16+/m0/s1. The van der Waals surface area contributed by atoms with Gasteiger partial charge in [-0.3, -0.25) is 0 Å². The van der Waals surface area contributed by atoms with Crippen molar-refractivity contribution in [1.82, 2.24) is 0 Å². The average molecular weight is 345 g/mol. The first kappa shape index (κ1) is 16.6. The summed E-state index contributed by atoms with van der Waals surface area (Å²) in [4.78, 5) is 0.226. The predicted octanol–water partition coefficient (Wildman–Crippen LogP) is 2.12. The smallest absolute Gasteiger partial charge is 0.165 e. The number of aliphatic hydroxyl groups is 2. The van der Waals surface area contributed by atoms with Gasteiger partial charge in [0.05, 0.1) is 6.10 Å². The van der Waals surface area contributed by atoms with Crippen molar-refractivity contribution in [1.29, 1.82) is 0 Å². The van der Waals surface area contributed by atoms with Crippen molar-refractivity contribution in [2.45, 2.75) is 33.8 Å². The van der Waals surface area contributed by atoms with Gasteiger partial charge in [0.2, 0.25) is 0 Å². The van der Waals surface area contributed by atoms with Crippen molar-refractivity contribution in [3.05, 3.63) is 30.3 Å². The van der Waals surface area contributed by atoms with Gasteiger partial charge in [-0.1, -0.05) is 30.0 Å². The van der Waals surface area contributed by atoms with E-state index in [1.807, 2.05) is 37.3 Å². The van der Waals surface area contributed by atoms with Crippen LogP contribution in [0.1, 0.15) is 6.92 Å². The minimum atomic E-state index is -0.806. The van der Waals surface area contributed by atoms with Gasteiger partial charge in [-0.05, 0) is 19.1 Å². The number of rotatable bonds is 5. The molecule has 0 aromatic heterocycles. The number of aliphatic hydroxyl groups excluding tert-OH is 2. The molecule has 122 valence electrons. The van der Waals surface area contributed by atoms with Crippen LogP contribution in [0.3, 0.4) is 0 Å². The maximum Gasteiger partial charge on any atom is 0.165 e. The highest BCUT2D eigenvalue weighted by Crippen LogP contribution is 2.64. The van der Waals surface area contributed by atoms with E-state index < -0.39 is 15.9 Å². The van der Waals surface area contributed by atoms with Gasteiger partial charge < -0.3 is 19.7 Å². The van der Waals surface area contributed by atoms with Gasteiger partial charge in [0, 0.05) is 37.1 Å². The molecule has 0 unspecified atom stereocenters. The normalized spacial score (nSPS) is 43.7. The van der Waals surface area contributed by atoms with E-state index in [9.17, 15) is 10.2 Å². The molecular weight excluding hydrogens is 324 g/mol. The molecule has 6 heteroatoms. The third-order valence-corrected chi connectivity index (χ3v) is 7.42. The molecular formula is C16H21ClO4S. The second-order valence-corrected chi connectivity index (χ2v) is 7.77. The van der Waals surface area contributed by atoms with Crippen LogP contribution >= 0.6 is 23.4 Å². The van der Waals surface area contributed by atoms with E-state index in [-0.39, 0.29) is 31.2 Å². The zero-order valence-corrected chi connectivity index (χ0v) is 14.2. The van der Waals surface area contributed by atoms with E-state index in [4.69, 9.17) is 21.1 Å². The number of methoxy groups -OCH3 is 1. The van der Waals surface area contributed by atoms with Gasteiger partial charge in [-0.2, -0.15) is 0 Å². The van der Waals surface area contributed by atoms with Crippen LogP contribution in [0.5, 0.6) is 0 Å². The van der Waals surface area contributed by atoms with Crippen LogP contribution in [0.4, 0.5) is 0 Å². The molecule has 0 radical (unpaired) electrons. The third-order valence-electron chi connectivity index (χ3n) is 5.09. The Morgan fingerprint density at radius 3 is 2.50 bits per heavy atom. The van der Waals surface area contributed by atoms with Crippen molar-refractivity contribution in [3.63, 3.8) is 0 Å². The minimum absolute atomic E-state index is 0.0511. The van der Waals surface area contributed by atoms with Gasteiger partial charge in [-0.15, -0.1) is 11.6 Å². The van der Waals surface area contributed by atoms with Crippen molar-refractivity contribution in [3.8, 4) is 0 Å². The topological polar surface area (TPSA) is 58.9 Å². The third kappa shape index (κ3) is 2.07. The van der Waals surface area contributed by atoms with Gasteiger partial charge in [0.15, 0.2) is 4.93 Å². The van der Waals surface area contributed by atoms with E-state index in [0.29, 0.717) is 0 Å². The highest BCUT2D eigenvalue weighted by atomic mass is 35.5. The van der Waals surface area contributed by atoms with Gasteiger partial charge in [-0.25, -0.2) is 0 Å². The van der Waals surface area contributed by atoms with E-state index in [1.165, 1.54) is 11.8 Å². The van der Waals surface area contributed by atoms with E-state index in [1.54, 1.807) is 7.11 Å². The molecule has 2 fully saturated rings. The Hall–Kier alpha value is -0.300. The number of halogens is 1. The summed E-state index contributed by atoms with van der Waals surface area (Å²) in [6, 6.07) is 9.89. The maximum absolute atomic E-state index is 9.84. The summed E-state index contributed by atoms with van der Waals surface area (Å²) in [5.41, 5.74) is -0.762. The molecule has 0 spiro atoms. The summed E-state index contributed by atoms with van der Waals surface area (Å²) in [6.45, 7) is 1.81. The summed E-state index contributed by atoms with van der Waals surface area (Å²) in [5, 5.41) is 19.1. The van der Waals surface area contributed by atoms with Crippen LogP contribution < -0.4 is 0 Å². The number of thioether (sulfide) groups is 1. The molecule has 22 heavy (non-hydrogen) atoms. The van der Waals surface area contributed by atoms with Crippen molar-refractivity contribution in [2.75, 3.05) is 20.3 Å². The molecule has 2 bridgehead atoms. The highest BCUT2D eigenvalue weighted by Gasteiger charge is 2.74. The fourth-order valence-corrected chi connectivity index (χ4v) is 5.97. The molecule has 2 aliphatic heterocycles. The monoisotopic (exact) mass is 344 g/mol. The second-order valence-electron chi connectivity index (χ2n) is 6.01. The lowest BCUT2D eigenvalue weighted by molar-refractivity contribution is -0.100. The van der Waals surface area contributed by atoms with Gasteiger partial charge in [0.25, 0.3) is 0 Å². The molecule has 6 atom stereocenters. The van der Waals surface area contributed by atoms with Crippen LogP contribution in [0.25, 0.3) is 0 Å². The lowest BCUT2D eigenvalue weighted by atomic mass is 9.71. The zero-order chi connectivity index (χ0) is 16.0. The fourth-order valence-electron chi connectivity index (χ4n) is 3.92. The molecule has 2 saturated heterocycles. The molecule has 2 N–H and O–H groups in total. The lowest BCUT2D eigenvalue weighted by Crippen LogP contribution is -2.61. The first-order chi connectivity index (χ1) is 10.5. The first-order valence-electron chi connectivity index (χ1n) is 7.37. The summed E-state index contributed by atoms with van der Waals surface area (Å²) in [5.74, 6) is -0.384. The van der Waals surface area contributed by atoms with Gasteiger partial charge >= 0.3 is 0 Å². The number of hydrogen-bond donors (Lipinski definition) is 2. The fraction of sp³-hybridized carbons (Fsp3) is 0.625. The zero-order valence-electron chi connectivity index (χ0n) is 12.6. The predicted molar refractivity (Wildman–Crippen MR) is 86.1 cm³/mol. The molecule has 0 amide bonds. The quantitative estimate of drug-likeness (QED) is 0.633. The van der Waals surface area contributed by atoms with Crippen LogP contribution in [-0.4, -0.2) is 52.6 Å². The highest BCUT2D eigenvalue weighted by molar-refractivity contribution is 8.00. The van der Waals surface area contributed by atoms with Crippen LogP contribution in [-0.2, 0) is 9.47 Å². The Balaban J connectivity index is 2.01. The average Bonchev–Trinajstić information content (AvgIpc) is 2.95. The minimum Gasteiger partial charge on any atom is -0.396 e. The summed E-state index contributed by atoms with van der Waals surface area (Å²) in [6.07, 6.45) is -0.329. The Kier molecular flexibility index (Phi) is 4.49. The number of alkyl halides is 1. The van der Waals surface area contributed by atoms with Crippen molar-refractivity contribution in [2.24, 2.45) is 11.8 Å². The molecule has 1 aromatic rings. The van der Waals surface area contributed by atoms with Crippen LogP contribution in [0, 0.1) is 11.8 Å². The van der Waals surface area contributed by atoms with Crippen molar-refractivity contribution >= 4 is 23.4 Å². The first-order valence-corrected chi connectivity index (χ1v) is 8.62. The molecule has 0 aliphatic carbocycles. The second kappa shape index (κ2) is 5.96. The molecule has 1 aromatic carbocycles. The van der Waals surface area contributed by atoms with E-state index in [2.05, 4.69) is 0 Å². The van der Waals surface area contributed by atoms with Crippen LogP contribution in [0.15, 0.2) is 35.2 Å². The molecule has 4 nitrogen and oxygen atoms in total. The SMILES string of the molecule is CO[C@@]1(Sc2ccccc2)[C@@H](Cl)[C@H]2O[C@]1(C)[C@H](CO)[C@@H]2CO. The van der Waals surface area contributed by atoms with Gasteiger partial charge in [0.1, 0.15) is 11.0 Å². The Labute approximate surface area is 139 Å². The molecule has 3 rings (SSSR count). The number of fused-ring (bicyclic) bond motifs is 2. The van der Waals surface area contributed by atoms with E-state index in [0.717, 1.165) is 4.90 Å². The van der Waals surface area contributed by atoms with Crippen molar-refractivity contribution < 1.29 is 19.7 Å². The molecule has 0 saturated carbocycles. The molecule has 2 heterocycles. The Bertz CT molecular complexity index is 530. The number of ether oxygens (including phenoxy) is 2. The van der Waals surface area contributed by atoms with Crippen LogP contribution in [0.2, 0.25) is 0 Å². The Morgan fingerprint density at radius 1 is 1.27 bits per heavy atom. The number of hydrogen-bond acceptors (Lipinski definition) is 5. The Morgan fingerprint density at radius 2 is 1.95 bits per heavy atom. The lowest BCUT2D eigenvalue weighted by Gasteiger charge is -2.48.